The third kappa shape index (κ3) is 3.71. The lowest BCUT2D eigenvalue weighted by atomic mass is 10.1. The standard InChI is InChI=1S/C19H21F2N3O4S/c1-19(2,3)29(25,26)16-10-24-13(9-23-17(24)8-15(16)27-4)11-5-6-12(22)14(7-11)28-18(20)21/h5-10,18H,22H2,1-4H3. The molecule has 29 heavy (non-hydrogen) atoms. The number of alkyl halides is 2. The monoisotopic (exact) mass is 425 g/mol. The molecule has 0 amide bonds. The Morgan fingerprint density at radius 2 is 1.86 bits per heavy atom. The van der Waals surface area contributed by atoms with Crippen molar-refractivity contribution in [2.75, 3.05) is 12.8 Å². The van der Waals surface area contributed by atoms with Gasteiger partial charge in [-0.1, -0.05) is 6.07 Å². The summed E-state index contributed by atoms with van der Waals surface area (Å²) in [6, 6.07) is 5.91. The summed E-state index contributed by atoms with van der Waals surface area (Å²) < 4.78 is 61.5. The van der Waals surface area contributed by atoms with Crippen molar-refractivity contribution in [2.24, 2.45) is 0 Å². The average molecular weight is 425 g/mol. The van der Waals surface area contributed by atoms with E-state index >= 15 is 0 Å². The molecule has 0 radical (unpaired) electrons. The van der Waals surface area contributed by atoms with E-state index in [1.54, 1.807) is 31.2 Å². The largest absolute Gasteiger partial charge is 0.495 e. The summed E-state index contributed by atoms with van der Waals surface area (Å²) in [5.74, 6) is -0.00731. The number of rotatable bonds is 5. The summed E-state index contributed by atoms with van der Waals surface area (Å²) >= 11 is 0. The van der Waals surface area contributed by atoms with Crippen LogP contribution in [0.1, 0.15) is 20.8 Å². The predicted octanol–water partition coefficient (Wildman–Crippen LogP) is 3.77. The van der Waals surface area contributed by atoms with E-state index in [0.717, 1.165) is 0 Å². The quantitative estimate of drug-likeness (QED) is 0.625. The number of imidazole rings is 1. The van der Waals surface area contributed by atoms with Gasteiger partial charge in [0.1, 0.15) is 22.0 Å². The summed E-state index contributed by atoms with van der Waals surface area (Å²) in [4.78, 5) is 4.27. The van der Waals surface area contributed by atoms with E-state index in [9.17, 15) is 17.2 Å². The van der Waals surface area contributed by atoms with Crippen molar-refractivity contribution in [1.29, 1.82) is 0 Å². The Morgan fingerprint density at radius 1 is 1.17 bits per heavy atom. The number of benzene rings is 1. The first-order chi connectivity index (χ1) is 13.5. The van der Waals surface area contributed by atoms with Crippen molar-refractivity contribution in [3.05, 3.63) is 36.7 Å². The second-order valence-corrected chi connectivity index (χ2v) is 10.00. The molecule has 0 aliphatic carbocycles. The van der Waals surface area contributed by atoms with Crippen molar-refractivity contribution >= 4 is 21.2 Å². The van der Waals surface area contributed by atoms with Gasteiger partial charge >= 0.3 is 6.61 Å². The zero-order valence-electron chi connectivity index (χ0n) is 16.3. The van der Waals surface area contributed by atoms with Gasteiger partial charge in [-0.15, -0.1) is 0 Å². The summed E-state index contributed by atoms with van der Waals surface area (Å²) in [5, 5.41) is 0. The van der Waals surface area contributed by atoms with Gasteiger partial charge in [0.05, 0.1) is 29.4 Å². The van der Waals surface area contributed by atoms with Gasteiger partial charge in [0.25, 0.3) is 0 Å². The third-order valence-electron chi connectivity index (χ3n) is 4.42. The summed E-state index contributed by atoms with van der Waals surface area (Å²) in [7, 11) is -2.36. The fraction of sp³-hybridized carbons (Fsp3) is 0.316. The minimum Gasteiger partial charge on any atom is -0.495 e. The van der Waals surface area contributed by atoms with Crippen molar-refractivity contribution in [3.8, 4) is 22.8 Å². The third-order valence-corrected chi connectivity index (χ3v) is 6.91. The number of pyridine rings is 1. The average Bonchev–Trinajstić information content (AvgIpc) is 3.04. The van der Waals surface area contributed by atoms with Gasteiger partial charge in [0.15, 0.2) is 9.84 Å². The van der Waals surface area contributed by atoms with E-state index in [1.165, 1.54) is 37.7 Å². The van der Waals surface area contributed by atoms with Crippen molar-refractivity contribution in [2.45, 2.75) is 37.0 Å². The molecule has 0 spiro atoms. The molecule has 0 aliphatic heterocycles. The number of aromatic nitrogens is 2. The summed E-state index contributed by atoms with van der Waals surface area (Å²) in [6.07, 6.45) is 2.92. The van der Waals surface area contributed by atoms with Gasteiger partial charge in [-0.2, -0.15) is 8.78 Å². The van der Waals surface area contributed by atoms with Gasteiger partial charge in [-0.25, -0.2) is 13.4 Å². The number of anilines is 1. The maximum atomic E-state index is 13.0. The Hall–Kier alpha value is -2.88. The normalized spacial score (nSPS) is 12.5. The minimum absolute atomic E-state index is 0.00116. The van der Waals surface area contributed by atoms with Crippen molar-refractivity contribution < 1.29 is 26.7 Å². The fourth-order valence-corrected chi connectivity index (χ4v) is 4.09. The highest BCUT2D eigenvalue weighted by Gasteiger charge is 2.34. The number of nitrogen functional groups attached to an aromatic ring is 1. The molecule has 0 saturated carbocycles. The van der Waals surface area contributed by atoms with E-state index < -0.39 is 21.2 Å². The number of halogens is 2. The number of methoxy groups -OCH3 is 1. The number of hydrogen-bond donors (Lipinski definition) is 1. The smallest absolute Gasteiger partial charge is 0.387 e. The Labute approximate surface area is 167 Å². The number of sulfone groups is 1. The minimum atomic E-state index is -3.74. The van der Waals surface area contributed by atoms with E-state index in [0.29, 0.717) is 16.9 Å². The molecule has 156 valence electrons. The van der Waals surface area contributed by atoms with Crippen LogP contribution in [0.2, 0.25) is 0 Å². The Morgan fingerprint density at radius 3 is 2.45 bits per heavy atom. The van der Waals surface area contributed by atoms with Crippen LogP contribution in [0.4, 0.5) is 14.5 Å². The van der Waals surface area contributed by atoms with Crippen LogP contribution in [0, 0.1) is 0 Å². The van der Waals surface area contributed by atoms with Crippen LogP contribution in [0.5, 0.6) is 11.5 Å². The lowest BCUT2D eigenvalue weighted by Gasteiger charge is -2.21. The Bertz CT molecular complexity index is 1170. The molecule has 1 aromatic carbocycles. The highest BCUT2D eigenvalue weighted by atomic mass is 32.2. The van der Waals surface area contributed by atoms with Crippen molar-refractivity contribution in [1.82, 2.24) is 9.38 Å². The molecule has 0 fully saturated rings. The van der Waals surface area contributed by atoms with Crippen LogP contribution in [-0.2, 0) is 9.84 Å². The Balaban J connectivity index is 2.24. The van der Waals surface area contributed by atoms with Crippen LogP contribution < -0.4 is 15.2 Å². The highest BCUT2D eigenvalue weighted by molar-refractivity contribution is 7.92. The van der Waals surface area contributed by atoms with Gasteiger partial charge in [0.2, 0.25) is 0 Å². The summed E-state index contributed by atoms with van der Waals surface area (Å²) in [6.45, 7) is 1.75. The highest BCUT2D eigenvalue weighted by Crippen LogP contribution is 2.35. The van der Waals surface area contributed by atoms with Crippen molar-refractivity contribution in [3.63, 3.8) is 0 Å². The molecule has 3 rings (SSSR count). The molecule has 10 heteroatoms. The summed E-state index contributed by atoms with van der Waals surface area (Å²) in [5.41, 5.74) is 7.14. The first-order valence-electron chi connectivity index (χ1n) is 8.60. The van der Waals surface area contributed by atoms with Gasteiger partial charge in [0, 0.05) is 17.8 Å². The van der Waals surface area contributed by atoms with Crippen LogP contribution in [0.25, 0.3) is 16.9 Å². The topological polar surface area (TPSA) is 95.9 Å². The molecule has 2 heterocycles. The fourth-order valence-electron chi connectivity index (χ4n) is 2.78. The van der Waals surface area contributed by atoms with E-state index in [4.69, 9.17) is 10.5 Å². The number of ether oxygens (including phenoxy) is 2. The molecule has 0 unspecified atom stereocenters. The van der Waals surface area contributed by atoms with Crippen LogP contribution >= 0.6 is 0 Å². The second kappa shape index (κ2) is 7.18. The maximum Gasteiger partial charge on any atom is 0.387 e. The van der Waals surface area contributed by atoms with E-state index in [2.05, 4.69) is 9.72 Å². The molecule has 0 aliphatic rings. The molecule has 7 nitrogen and oxygen atoms in total. The Kier molecular flexibility index (Phi) is 5.16. The molecule has 0 bridgehead atoms. The lowest BCUT2D eigenvalue weighted by molar-refractivity contribution is -0.0493. The van der Waals surface area contributed by atoms with E-state index in [1.807, 2.05) is 0 Å². The number of nitrogens with two attached hydrogens (primary N) is 1. The van der Waals surface area contributed by atoms with Crippen LogP contribution in [-0.4, -0.2) is 36.3 Å². The molecule has 2 N–H and O–H groups in total. The number of fused-ring (bicyclic) bond motifs is 1. The molecular formula is C19H21F2N3O4S. The zero-order chi connectivity index (χ0) is 21.6. The first-order valence-corrected chi connectivity index (χ1v) is 10.1. The second-order valence-electron chi connectivity index (χ2n) is 7.32. The van der Waals surface area contributed by atoms with Crippen LogP contribution in [0.15, 0.2) is 41.6 Å². The molecule has 0 atom stereocenters. The van der Waals surface area contributed by atoms with Gasteiger partial charge in [-0.3, -0.25) is 4.40 Å². The van der Waals surface area contributed by atoms with Gasteiger partial charge in [-0.05, 0) is 32.9 Å². The van der Waals surface area contributed by atoms with Gasteiger partial charge < -0.3 is 15.2 Å². The SMILES string of the molecule is COc1cc2ncc(-c3ccc(N)c(OC(F)F)c3)n2cc1S(=O)(=O)C(C)(C)C. The molecular weight excluding hydrogens is 404 g/mol. The number of hydrogen-bond acceptors (Lipinski definition) is 6. The van der Waals surface area contributed by atoms with E-state index in [-0.39, 0.29) is 22.1 Å². The number of nitrogens with zero attached hydrogens (tertiary/aromatic N) is 2. The maximum absolute atomic E-state index is 13.0. The lowest BCUT2D eigenvalue weighted by Crippen LogP contribution is -2.28. The molecule has 2 aromatic heterocycles. The van der Waals surface area contributed by atoms with Crippen LogP contribution in [0.3, 0.4) is 0 Å². The molecule has 0 saturated heterocycles. The predicted molar refractivity (Wildman–Crippen MR) is 105 cm³/mol. The first kappa shape index (κ1) is 20.8. The molecule has 3 aromatic rings. The zero-order valence-corrected chi connectivity index (χ0v) is 17.1.